The maximum atomic E-state index is 4.28. The highest BCUT2D eigenvalue weighted by Crippen LogP contribution is 2.16. The Hall–Kier alpha value is -0.110. The van der Waals surface area contributed by atoms with Crippen molar-refractivity contribution in [2.75, 3.05) is 0 Å². The van der Waals surface area contributed by atoms with E-state index < -0.39 is 0 Å². The van der Waals surface area contributed by atoms with Gasteiger partial charge in [-0.3, -0.25) is 4.99 Å². The van der Waals surface area contributed by atoms with E-state index >= 15 is 0 Å². The molecule has 1 rings (SSSR count). The van der Waals surface area contributed by atoms with Gasteiger partial charge in [0.15, 0.2) is 0 Å². The zero-order valence-electron chi connectivity index (χ0n) is 5.69. The van der Waals surface area contributed by atoms with Crippen molar-refractivity contribution >= 4 is 21.6 Å². The first kappa shape index (κ1) is 7.00. The van der Waals surface area contributed by atoms with Crippen molar-refractivity contribution in [3.05, 3.63) is 11.8 Å². The van der Waals surface area contributed by atoms with Crippen LogP contribution in [0.15, 0.2) is 16.8 Å². The molecule has 1 nitrogen and oxygen atoms in total. The van der Waals surface area contributed by atoms with Crippen LogP contribution in [0.2, 0.25) is 0 Å². The summed E-state index contributed by atoms with van der Waals surface area (Å²) in [4.78, 5) is 4.79. The molecule has 0 saturated heterocycles. The minimum Gasteiger partial charge on any atom is -0.263 e. The van der Waals surface area contributed by atoms with Crippen molar-refractivity contribution < 1.29 is 0 Å². The van der Waals surface area contributed by atoms with E-state index in [-0.39, 0.29) is 0 Å². The zero-order valence-corrected chi connectivity index (χ0v) is 7.27. The van der Waals surface area contributed by atoms with E-state index in [9.17, 15) is 0 Å². The summed E-state index contributed by atoms with van der Waals surface area (Å²) in [6.45, 7) is 4.08. The Morgan fingerprint density at radius 1 is 1.67 bits per heavy atom. The Bertz CT molecular complexity index is 170. The van der Waals surface area contributed by atoms with Crippen molar-refractivity contribution in [1.82, 2.24) is 0 Å². The van der Waals surface area contributed by atoms with Gasteiger partial charge >= 0.3 is 0 Å². The molecule has 0 aromatic rings. The predicted molar refractivity (Wildman–Crippen MR) is 44.2 cm³/mol. The van der Waals surface area contributed by atoms with Gasteiger partial charge in [-0.1, -0.05) is 15.9 Å². The first-order chi connectivity index (χ1) is 4.18. The summed E-state index contributed by atoms with van der Waals surface area (Å²) < 4.78 is 0. The van der Waals surface area contributed by atoms with Gasteiger partial charge in [0, 0.05) is 22.7 Å². The average molecular weight is 188 g/mol. The number of halogens is 1. The molecule has 1 aliphatic heterocycles. The quantitative estimate of drug-likeness (QED) is 0.518. The Morgan fingerprint density at radius 3 is 2.78 bits per heavy atom. The molecular formula is C7H10BrN. The van der Waals surface area contributed by atoms with Gasteiger partial charge in [0.2, 0.25) is 0 Å². The number of nitrogens with zero attached hydrogens (tertiary/aromatic N) is 1. The number of aliphatic imine (C=N–C) groups is 1. The number of hydrogen-bond donors (Lipinski definition) is 0. The molecule has 1 atom stereocenters. The fourth-order valence-electron chi connectivity index (χ4n) is 0.987. The van der Waals surface area contributed by atoms with Gasteiger partial charge in [0.05, 0.1) is 0 Å². The van der Waals surface area contributed by atoms with Crippen LogP contribution in [-0.4, -0.2) is 10.5 Å². The van der Waals surface area contributed by atoms with Gasteiger partial charge in [-0.15, -0.1) is 0 Å². The molecular weight excluding hydrogens is 178 g/mol. The lowest BCUT2D eigenvalue weighted by Gasteiger charge is -2.10. The molecule has 0 N–H and O–H groups in total. The molecule has 0 radical (unpaired) electrons. The van der Waals surface area contributed by atoms with Crippen LogP contribution < -0.4 is 0 Å². The molecule has 0 aromatic heterocycles. The Kier molecular flexibility index (Phi) is 2.06. The average Bonchev–Trinajstić information content (AvgIpc) is 1.59. The zero-order chi connectivity index (χ0) is 6.85. The molecule has 1 unspecified atom stereocenters. The van der Waals surface area contributed by atoms with Crippen LogP contribution >= 0.6 is 15.9 Å². The standard InChI is InChI=1S/C7H10BrN/c1-5-3-7(8)4-6(2)9-5/h3,7H,4H2,1-2H3. The molecule has 0 saturated carbocycles. The molecule has 0 amide bonds. The van der Waals surface area contributed by atoms with Gasteiger partial charge in [-0.25, -0.2) is 0 Å². The number of rotatable bonds is 0. The smallest absolute Gasteiger partial charge is 0.0397 e. The van der Waals surface area contributed by atoms with Crippen LogP contribution in [0.3, 0.4) is 0 Å². The van der Waals surface area contributed by atoms with Gasteiger partial charge < -0.3 is 0 Å². The van der Waals surface area contributed by atoms with Crippen LogP contribution in [0.5, 0.6) is 0 Å². The first-order valence-electron chi connectivity index (χ1n) is 3.05. The number of hydrogen-bond acceptors (Lipinski definition) is 1. The fourth-order valence-corrected chi connectivity index (χ4v) is 1.84. The molecule has 50 valence electrons. The summed E-state index contributed by atoms with van der Waals surface area (Å²) in [5.74, 6) is 0. The normalized spacial score (nSPS) is 27.2. The third-order valence-electron chi connectivity index (χ3n) is 1.28. The second kappa shape index (κ2) is 2.65. The predicted octanol–water partition coefficient (Wildman–Crippen LogP) is 2.52. The monoisotopic (exact) mass is 187 g/mol. The summed E-state index contributed by atoms with van der Waals surface area (Å²) in [7, 11) is 0. The van der Waals surface area contributed by atoms with Gasteiger partial charge in [0.25, 0.3) is 0 Å². The van der Waals surface area contributed by atoms with E-state index in [0.29, 0.717) is 4.83 Å². The van der Waals surface area contributed by atoms with Crippen LogP contribution in [0.4, 0.5) is 0 Å². The van der Waals surface area contributed by atoms with Crippen LogP contribution in [-0.2, 0) is 0 Å². The van der Waals surface area contributed by atoms with E-state index in [4.69, 9.17) is 0 Å². The van der Waals surface area contributed by atoms with Crippen molar-refractivity contribution in [1.29, 1.82) is 0 Å². The second-order valence-corrected chi connectivity index (χ2v) is 3.55. The lowest BCUT2D eigenvalue weighted by molar-refractivity contribution is 1.04. The van der Waals surface area contributed by atoms with Gasteiger partial charge in [0.1, 0.15) is 0 Å². The van der Waals surface area contributed by atoms with E-state index in [1.165, 1.54) is 5.71 Å². The van der Waals surface area contributed by atoms with Crippen LogP contribution in [0.25, 0.3) is 0 Å². The van der Waals surface area contributed by atoms with Gasteiger partial charge in [-0.05, 0) is 19.9 Å². The highest BCUT2D eigenvalue weighted by atomic mass is 79.9. The maximum absolute atomic E-state index is 4.28. The molecule has 0 spiro atoms. The molecule has 0 bridgehead atoms. The SMILES string of the molecule is CC1=CC(Br)CC(C)=N1. The fraction of sp³-hybridized carbons (Fsp3) is 0.571. The lowest BCUT2D eigenvalue weighted by atomic mass is 10.1. The molecule has 1 aliphatic rings. The van der Waals surface area contributed by atoms with Crippen LogP contribution in [0.1, 0.15) is 20.3 Å². The Labute approximate surface area is 64.0 Å². The summed E-state index contributed by atoms with van der Waals surface area (Å²) in [6, 6.07) is 0. The van der Waals surface area contributed by atoms with E-state index in [2.05, 4.69) is 33.9 Å². The van der Waals surface area contributed by atoms with Crippen molar-refractivity contribution in [3.63, 3.8) is 0 Å². The molecule has 0 aliphatic carbocycles. The highest BCUT2D eigenvalue weighted by molar-refractivity contribution is 9.09. The van der Waals surface area contributed by atoms with Gasteiger partial charge in [-0.2, -0.15) is 0 Å². The maximum Gasteiger partial charge on any atom is 0.0397 e. The van der Waals surface area contributed by atoms with Crippen molar-refractivity contribution in [3.8, 4) is 0 Å². The largest absolute Gasteiger partial charge is 0.263 e. The first-order valence-corrected chi connectivity index (χ1v) is 3.96. The summed E-state index contributed by atoms with van der Waals surface area (Å²) in [5, 5.41) is 0. The van der Waals surface area contributed by atoms with E-state index in [0.717, 1.165) is 12.1 Å². The Balaban J connectivity index is 2.74. The third kappa shape index (κ3) is 1.94. The van der Waals surface area contributed by atoms with Crippen molar-refractivity contribution in [2.24, 2.45) is 4.99 Å². The molecule has 0 fully saturated rings. The summed E-state index contributed by atoms with van der Waals surface area (Å²) >= 11 is 3.51. The second-order valence-electron chi connectivity index (χ2n) is 2.38. The highest BCUT2D eigenvalue weighted by Gasteiger charge is 2.07. The van der Waals surface area contributed by atoms with Crippen molar-refractivity contribution in [2.45, 2.75) is 25.1 Å². The van der Waals surface area contributed by atoms with Crippen LogP contribution in [0, 0.1) is 0 Å². The molecule has 1 heterocycles. The minimum absolute atomic E-state index is 0.509. The Morgan fingerprint density at radius 2 is 2.33 bits per heavy atom. The summed E-state index contributed by atoms with van der Waals surface area (Å²) in [5.41, 5.74) is 2.34. The minimum atomic E-state index is 0.509. The molecule has 0 aromatic carbocycles. The lowest BCUT2D eigenvalue weighted by Crippen LogP contribution is -2.06. The molecule has 2 heteroatoms. The van der Waals surface area contributed by atoms with E-state index in [1.54, 1.807) is 0 Å². The number of allylic oxidation sites excluding steroid dienone is 2. The third-order valence-corrected chi connectivity index (χ3v) is 1.87. The number of alkyl halides is 1. The summed E-state index contributed by atoms with van der Waals surface area (Å²) in [6.07, 6.45) is 3.18. The topological polar surface area (TPSA) is 12.4 Å². The van der Waals surface area contributed by atoms with E-state index in [1.807, 2.05) is 6.92 Å². The molecule has 9 heavy (non-hydrogen) atoms.